The highest BCUT2D eigenvalue weighted by atomic mass is 16.6. The SMILES string of the molecule is CC(=O)C1(C)CC(Cc2ccccc2)C(=O)O1. The number of cyclic esters (lactones) is 1. The Morgan fingerprint density at radius 1 is 1.41 bits per heavy atom. The Balaban J connectivity index is 2.09. The maximum Gasteiger partial charge on any atom is 0.310 e. The van der Waals surface area contributed by atoms with Crippen molar-refractivity contribution < 1.29 is 14.3 Å². The van der Waals surface area contributed by atoms with Crippen LogP contribution in [0.4, 0.5) is 0 Å². The molecule has 1 aliphatic heterocycles. The fourth-order valence-corrected chi connectivity index (χ4v) is 2.17. The van der Waals surface area contributed by atoms with Gasteiger partial charge in [-0.2, -0.15) is 0 Å². The lowest BCUT2D eigenvalue weighted by Gasteiger charge is -2.18. The number of ether oxygens (including phenoxy) is 1. The monoisotopic (exact) mass is 232 g/mol. The quantitative estimate of drug-likeness (QED) is 0.750. The third-order valence-electron chi connectivity index (χ3n) is 3.36. The number of benzene rings is 1. The Kier molecular flexibility index (Phi) is 3.01. The first-order valence-electron chi connectivity index (χ1n) is 5.79. The van der Waals surface area contributed by atoms with Crippen molar-refractivity contribution in [3.63, 3.8) is 0 Å². The summed E-state index contributed by atoms with van der Waals surface area (Å²) in [5, 5.41) is 0. The molecule has 2 rings (SSSR count). The molecule has 1 aromatic rings. The molecule has 90 valence electrons. The molecular weight excluding hydrogens is 216 g/mol. The molecule has 2 unspecified atom stereocenters. The lowest BCUT2D eigenvalue weighted by atomic mass is 9.89. The number of Topliss-reactive ketones (excluding diaryl/α,β-unsaturated/α-hetero) is 1. The van der Waals surface area contributed by atoms with Gasteiger partial charge in [0.2, 0.25) is 0 Å². The molecule has 1 aliphatic rings. The number of ketones is 1. The van der Waals surface area contributed by atoms with Gasteiger partial charge in [-0.3, -0.25) is 9.59 Å². The third-order valence-corrected chi connectivity index (χ3v) is 3.36. The minimum absolute atomic E-state index is 0.0820. The zero-order valence-electron chi connectivity index (χ0n) is 10.1. The van der Waals surface area contributed by atoms with Gasteiger partial charge >= 0.3 is 5.97 Å². The van der Waals surface area contributed by atoms with Crippen molar-refractivity contribution in [2.24, 2.45) is 5.92 Å². The topological polar surface area (TPSA) is 43.4 Å². The van der Waals surface area contributed by atoms with Gasteiger partial charge in [0.25, 0.3) is 0 Å². The predicted molar refractivity (Wildman–Crippen MR) is 63.4 cm³/mol. The van der Waals surface area contributed by atoms with Gasteiger partial charge in [0, 0.05) is 6.42 Å². The second-order valence-corrected chi connectivity index (χ2v) is 4.80. The van der Waals surface area contributed by atoms with Gasteiger partial charge in [0.05, 0.1) is 5.92 Å². The fraction of sp³-hybridized carbons (Fsp3) is 0.429. The summed E-state index contributed by atoms with van der Waals surface area (Å²) in [6.45, 7) is 3.16. The van der Waals surface area contributed by atoms with Crippen molar-refractivity contribution in [2.45, 2.75) is 32.3 Å². The van der Waals surface area contributed by atoms with Crippen LogP contribution in [0.15, 0.2) is 30.3 Å². The molecule has 3 nitrogen and oxygen atoms in total. The van der Waals surface area contributed by atoms with Crippen LogP contribution in [0.5, 0.6) is 0 Å². The number of hydrogen-bond donors (Lipinski definition) is 0. The summed E-state index contributed by atoms with van der Waals surface area (Å²) in [4.78, 5) is 23.2. The molecule has 1 aromatic carbocycles. The van der Waals surface area contributed by atoms with E-state index < -0.39 is 5.60 Å². The summed E-state index contributed by atoms with van der Waals surface area (Å²) in [6, 6.07) is 9.79. The van der Waals surface area contributed by atoms with E-state index in [9.17, 15) is 9.59 Å². The standard InChI is InChI=1S/C14H16O3/c1-10(15)14(2)9-12(13(16)17-14)8-11-6-4-3-5-7-11/h3-7,12H,8-9H2,1-2H3. The summed E-state index contributed by atoms with van der Waals surface area (Å²) >= 11 is 0. The van der Waals surface area contributed by atoms with E-state index in [1.807, 2.05) is 30.3 Å². The Bertz CT molecular complexity index is 438. The largest absolute Gasteiger partial charge is 0.451 e. The third kappa shape index (κ3) is 2.38. The van der Waals surface area contributed by atoms with Crippen LogP contribution in [0.2, 0.25) is 0 Å². The van der Waals surface area contributed by atoms with Gasteiger partial charge in [0.15, 0.2) is 11.4 Å². The maximum atomic E-state index is 11.7. The van der Waals surface area contributed by atoms with E-state index in [4.69, 9.17) is 4.74 Å². The molecule has 0 saturated carbocycles. The van der Waals surface area contributed by atoms with E-state index in [1.165, 1.54) is 6.92 Å². The number of hydrogen-bond acceptors (Lipinski definition) is 3. The summed E-state index contributed by atoms with van der Waals surface area (Å²) in [5.74, 6) is -0.542. The summed E-state index contributed by atoms with van der Waals surface area (Å²) < 4.78 is 5.21. The van der Waals surface area contributed by atoms with Crippen LogP contribution in [-0.2, 0) is 20.7 Å². The lowest BCUT2D eigenvalue weighted by Crippen LogP contribution is -2.32. The van der Waals surface area contributed by atoms with E-state index in [0.717, 1.165) is 5.56 Å². The maximum absolute atomic E-state index is 11.7. The lowest BCUT2D eigenvalue weighted by molar-refractivity contribution is -0.156. The molecule has 0 bridgehead atoms. The van der Waals surface area contributed by atoms with Gasteiger partial charge in [0.1, 0.15) is 0 Å². The van der Waals surface area contributed by atoms with E-state index in [1.54, 1.807) is 6.92 Å². The Morgan fingerprint density at radius 3 is 2.59 bits per heavy atom. The Morgan fingerprint density at radius 2 is 2.06 bits per heavy atom. The molecule has 1 fully saturated rings. The zero-order chi connectivity index (χ0) is 12.5. The van der Waals surface area contributed by atoms with Crippen molar-refractivity contribution in [2.75, 3.05) is 0 Å². The van der Waals surface area contributed by atoms with Crippen molar-refractivity contribution in [3.05, 3.63) is 35.9 Å². The molecular formula is C14H16O3. The molecule has 3 heteroatoms. The fourth-order valence-electron chi connectivity index (χ4n) is 2.17. The molecule has 0 amide bonds. The second-order valence-electron chi connectivity index (χ2n) is 4.80. The van der Waals surface area contributed by atoms with Crippen molar-refractivity contribution in [1.82, 2.24) is 0 Å². The highest BCUT2D eigenvalue weighted by Gasteiger charge is 2.46. The average molecular weight is 232 g/mol. The van der Waals surface area contributed by atoms with Gasteiger partial charge < -0.3 is 4.74 Å². The molecule has 0 spiro atoms. The molecule has 17 heavy (non-hydrogen) atoms. The normalized spacial score (nSPS) is 27.9. The molecule has 0 N–H and O–H groups in total. The zero-order valence-corrected chi connectivity index (χ0v) is 10.1. The van der Waals surface area contributed by atoms with Gasteiger partial charge in [-0.05, 0) is 25.8 Å². The number of esters is 1. The van der Waals surface area contributed by atoms with Gasteiger partial charge in [-0.25, -0.2) is 0 Å². The predicted octanol–water partition coefficient (Wildman–Crippen LogP) is 2.14. The minimum atomic E-state index is -0.920. The molecule has 1 saturated heterocycles. The van der Waals surface area contributed by atoms with Crippen molar-refractivity contribution >= 4 is 11.8 Å². The van der Waals surface area contributed by atoms with Crippen LogP contribution >= 0.6 is 0 Å². The van der Waals surface area contributed by atoms with Crippen LogP contribution in [0.25, 0.3) is 0 Å². The second kappa shape index (κ2) is 4.32. The average Bonchev–Trinajstić information content (AvgIpc) is 2.57. The van der Waals surface area contributed by atoms with E-state index in [-0.39, 0.29) is 17.7 Å². The van der Waals surface area contributed by atoms with E-state index >= 15 is 0 Å². The number of rotatable bonds is 3. The number of carbonyl (C=O) groups excluding carboxylic acids is 2. The van der Waals surface area contributed by atoms with Gasteiger partial charge in [-0.1, -0.05) is 30.3 Å². The number of carbonyl (C=O) groups is 2. The first kappa shape index (κ1) is 11.8. The van der Waals surface area contributed by atoms with Crippen LogP contribution in [0.1, 0.15) is 25.8 Å². The van der Waals surface area contributed by atoms with Gasteiger partial charge in [-0.15, -0.1) is 0 Å². The Labute approximate surface area is 101 Å². The van der Waals surface area contributed by atoms with Crippen LogP contribution in [-0.4, -0.2) is 17.4 Å². The van der Waals surface area contributed by atoms with Crippen LogP contribution in [0.3, 0.4) is 0 Å². The van der Waals surface area contributed by atoms with E-state index in [0.29, 0.717) is 12.8 Å². The van der Waals surface area contributed by atoms with Crippen LogP contribution in [0, 0.1) is 5.92 Å². The molecule has 0 radical (unpaired) electrons. The smallest absolute Gasteiger partial charge is 0.310 e. The minimum Gasteiger partial charge on any atom is -0.451 e. The van der Waals surface area contributed by atoms with E-state index in [2.05, 4.69) is 0 Å². The summed E-state index contributed by atoms with van der Waals surface area (Å²) in [7, 11) is 0. The highest BCUT2D eigenvalue weighted by molar-refractivity contribution is 5.90. The molecule has 0 aliphatic carbocycles. The first-order valence-corrected chi connectivity index (χ1v) is 5.79. The summed E-state index contributed by atoms with van der Waals surface area (Å²) in [6.07, 6.45) is 1.12. The molecule has 2 atom stereocenters. The van der Waals surface area contributed by atoms with Crippen LogP contribution < -0.4 is 0 Å². The van der Waals surface area contributed by atoms with Crippen molar-refractivity contribution in [3.8, 4) is 0 Å². The first-order chi connectivity index (χ1) is 8.01. The van der Waals surface area contributed by atoms with Crippen molar-refractivity contribution in [1.29, 1.82) is 0 Å². The molecule has 0 aromatic heterocycles. The molecule has 1 heterocycles. The summed E-state index contributed by atoms with van der Waals surface area (Å²) in [5.41, 5.74) is 0.179. The Hall–Kier alpha value is -1.64. The highest BCUT2D eigenvalue weighted by Crippen LogP contribution is 2.33.